The first-order valence-electron chi connectivity index (χ1n) is 4.73. The van der Waals surface area contributed by atoms with Gasteiger partial charge in [-0.2, -0.15) is 0 Å². The molecule has 2 N–H and O–H groups in total. The van der Waals surface area contributed by atoms with Gasteiger partial charge in [0.2, 0.25) is 5.76 Å². The van der Waals surface area contributed by atoms with Gasteiger partial charge in [-0.3, -0.25) is 0 Å². The summed E-state index contributed by atoms with van der Waals surface area (Å²) in [5.74, 6) is 0.396. The zero-order valence-electron chi connectivity index (χ0n) is 8.29. The van der Waals surface area contributed by atoms with Crippen LogP contribution in [0.1, 0.15) is 36.1 Å². The van der Waals surface area contributed by atoms with E-state index in [4.69, 9.17) is 14.9 Å². The molecule has 1 aromatic heterocycles. The summed E-state index contributed by atoms with van der Waals surface area (Å²) in [6.07, 6.45) is 1.87. The van der Waals surface area contributed by atoms with Gasteiger partial charge in [0.1, 0.15) is 5.76 Å². The highest BCUT2D eigenvalue weighted by atomic mass is 16.5. The van der Waals surface area contributed by atoms with Gasteiger partial charge >= 0.3 is 5.97 Å². The molecule has 0 unspecified atom stereocenters. The van der Waals surface area contributed by atoms with Crippen molar-refractivity contribution >= 4 is 5.97 Å². The average molecular weight is 197 g/mol. The van der Waals surface area contributed by atoms with Crippen molar-refractivity contribution in [3.05, 3.63) is 23.7 Å². The highest BCUT2D eigenvalue weighted by molar-refractivity contribution is 5.86. The molecule has 0 aromatic carbocycles. The van der Waals surface area contributed by atoms with Crippen LogP contribution in [0, 0.1) is 0 Å². The minimum Gasteiger partial charge on any atom is -0.460 e. The van der Waals surface area contributed by atoms with Crippen molar-refractivity contribution in [3.63, 3.8) is 0 Å². The largest absolute Gasteiger partial charge is 0.460 e. The number of hydrogen-bond acceptors (Lipinski definition) is 4. The first-order valence-corrected chi connectivity index (χ1v) is 4.73. The smallest absolute Gasteiger partial charge is 0.374 e. The summed E-state index contributed by atoms with van der Waals surface area (Å²) < 4.78 is 10.1. The number of carbonyl (C=O) groups excluding carboxylic acids is 1. The predicted octanol–water partition coefficient (Wildman–Crippen LogP) is 1.70. The zero-order valence-corrected chi connectivity index (χ0v) is 8.29. The Morgan fingerprint density at radius 2 is 2.36 bits per heavy atom. The SMILES string of the molecule is CCCCOC(=O)c1ccc(CN)o1. The van der Waals surface area contributed by atoms with Crippen LogP contribution >= 0.6 is 0 Å². The van der Waals surface area contributed by atoms with Gasteiger partial charge in [-0.05, 0) is 18.6 Å². The Labute approximate surface area is 83.0 Å². The minimum atomic E-state index is -0.418. The van der Waals surface area contributed by atoms with Crippen LogP contribution in [0.3, 0.4) is 0 Å². The maximum atomic E-state index is 11.3. The molecule has 0 spiro atoms. The Hall–Kier alpha value is -1.29. The highest BCUT2D eigenvalue weighted by Crippen LogP contribution is 2.08. The number of rotatable bonds is 5. The number of ether oxygens (including phenoxy) is 1. The third kappa shape index (κ3) is 2.88. The molecule has 0 fully saturated rings. The van der Waals surface area contributed by atoms with Crippen molar-refractivity contribution < 1.29 is 13.9 Å². The van der Waals surface area contributed by atoms with E-state index in [-0.39, 0.29) is 5.76 Å². The molecule has 0 atom stereocenters. The minimum absolute atomic E-state index is 0.224. The Morgan fingerprint density at radius 3 is 2.93 bits per heavy atom. The van der Waals surface area contributed by atoms with Crippen LogP contribution in [-0.2, 0) is 11.3 Å². The molecule has 0 saturated heterocycles. The van der Waals surface area contributed by atoms with Crippen molar-refractivity contribution in [2.75, 3.05) is 6.61 Å². The Morgan fingerprint density at radius 1 is 1.57 bits per heavy atom. The summed E-state index contributed by atoms with van der Waals surface area (Å²) in [6.45, 7) is 2.77. The summed E-state index contributed by atoms with van der Waals surface area (Å²) in [6, 6.07) is 3.26. The zero-order chi connectivity index (χ0) is 10.4. The summed E-state index contributed by atoms with van der Waals surface area (Å²) in [5.41, 5.74) is 5.34. The lowest BCUT2D eigenvalue weighted by Gasteiger charge is -2.00. The van der Waals surface area contributed by atoms with Crippen molar-refractivity contribution in [2.45, 2.75) is 26.3 Å². The summed E-state index contributed by atoms with van der Waals surface area (Å²) >= 11 is 0. The van der Waals surface area contributed by atoms with Gasteiger partial charge in [0, 0.05) is 0 Å². The molecule has 0 saturated carbocycles. The fourth-order valence-electron chi connectivity index (χ4n) is 0.978. The number of furan rings is 1. The number of unbranched alkanes of at least 4 members (excludes halogenated alkanes) is 1. The van der Waals surface area contributed by atoms with Gasteiger partial charge in [-0.1, -0.05) is 13.3 Å². The van der Waals surface area contributed by atoms with Crippen molar-refractivity contribution in [1.29, 1.82) is 0 Å². The van der Waals surface area contributed by atoms with E-state index in [0.717, 1.165) is 12.8 Å². The molecular formula is C10H15NO3. The molecule has 4 heteroatoms. The summed E-state index contributed by atoms with van der Waals surface area (Å²) in [5, 5.41) is 0. The van der Waals surface area contributed by atoms with Crippen LogP contribution in [0.4, 0.5) is 0 Å². The fraction of sp³-hybridized carbons (Fsp3) is 0.500. The second-order valence-electron chi connectivity index (χ2n) is 2.96. The molecule has 4 nitrogen and oxygen atoms in total. The van der Waals surface area contributed by atoms with Crippen LogP contribution in [0.25, 0.3) is 0 Å². The van der Waals surface area contributed by atoms with E-state index >= 15 is 0 Å². The number of esters is 1. The Balaban J connectivity index is 2.44. The van der Waals surface area contributed by atoms with Crippen molar-refractivity contribution in [3.8, 4) is 0 Å². The van der Waals surface area contributed by atoms with E-state index in [2.05, 4.69) is 0 Å². The molecule has 14 heavy (non-hydrogen) atoms. The number of hydrogen-bond donors (Lipinski definition) is 1. The van der Waals surface area contributed by atoms with E-state index in [9.17, 15) is 4.79 Å². The maximum Gasteiger partial charge on any atom is 0.374 e. The van der Waals surface area contributed by atoms with Crippen molar-refractivity contribution in [2.24, 2.45) is 5.73 Å². The molecule has 0 amide bonds. The van der Waals surface area contributed by atoms with Crippen LogP contribution in [-0.4, -0.2) is 12.6 Å². The molecule has 0 aliphatic heterocycles. The Bertz CT molecular complexity index is 293. The van der Waals surface area contributed by atoms with Gasteiger partial charge in [0.25, 0.3) is 0 Å². The summed E-state index contributed by atoms with van der Waals surface area (Å²) in [4.78, 5) is 11.3. The molecule has 1 rings (SSSR count). The lowest BCUT2D eigenvalue weighted by atomic mass is 10.4. The maximum absolute atomic E-state index is 11.3. The van der Waals surface area contributed by atoms with Crippen LogP contribution in [0.2, 0.25) is 0 Å². The second-order valence-corrected chi connectivity index (χ2v) is 2.96. The summed E-state index contributed by atoms with van der Waals surface area (Å²) in [7, 11) is 0. The molecular weight excluding hydrogens is 182 g/mol. The molecule has 0 radical (unpaired) electrons. The lowest BCUT2D eigenvalue weighted by Crippen LogP contribution is -2.05. The van der Waals surface area contributed by atoms with E-state index in [1.165, 1.54) is 0 Å². The fourth-order valence-corrected chi connectivity index (χ4v) is 0.978. The second kappa shape index (κ2) is 5.44. The van der Waals surface area contributed by atoms with Crippen molar-refractivity contribution in [1.82, 2.24) is 0 Å². The van der Waals surface area contributed by atoms with Gasteiger partial charge in [0.15, 0.2) is 0 Å². The molecule has 0 aliphatic rings. The Kier molecular flexibility index (Phi) is 4.19. The normalized spacial score (nSPS) is 10.1. The van der Waals surface area contributed by atoms with E-state index in [0.29, 0.717) is 18.9 Å². The number of nitrogens with two attached hydrogens (primary N) is 1. The highest BCUT2D eigenvalue weighted by Gasteiger charge is 2.11. The third-order valence-corrected chi connectivity index (χ3v) is 1.80. The van der Waals surface area contributed by atoms with E-state index < -0.39 is 5.97 Å². The van der Waals surface area contributed by atoms with E-state index in [1.54, 1.807) is 12.1 Å². The molecule has 78 valence electrons. The first kappa shape index (κ1) is 10.8. The van der Waals surface area contributed by atoms with E-state index in [1.807, 2.05) is 6.92 Å². The standard InChI is InChI=1S/C10H15NO3/c1-2-3-6-13-10(12)9-5-4-8(7-11)14-9/h4-5H,2-3,6-7,11H2,1H3. The molecule has 1 heterocycles. The first-order chi connectivity index (χ1) is 6.77. The van der Waals surface area contributed by atoms with Crippen LogP contribution in [0.15, 0.2) is 16.5 Å². The third-order valence-electron chi connectivity index (χ3n) is 1.80. The molecule has 0 aliphatic carbocycles. The van der Waals surface area contributed by atoms with Crippen LogP contribution in [0.5, 0.6) is 0 Å². The number of carbonyl (C=O) groups is 1. The van der Waals surface area contributed by atoms with Gasteiger partial charge in [0.05, 0.1) is 13.2 Å². The van der Waals surface area contributed by atoms with Gasteiger partial charge in [-0.25, -0.2) is 4.79 Å². The molecule has 0 bridgehead atoms. The topological polar surface area (TPSA) is 65.5 Å². The lowest BCUT2D eigenvalue weighted by molar-refractivity contribution is 0.0461. The monoisotopic (exact) mass is 197 g/mol. The van der Waals surface area contributed by atoms with Crippen LogP contribution < -0.4 is 5.73 Å². The van der Waals surface area contributed by atoms with Gasteiger partial charge in [-0.15, -0.1) is 0 Å². The quantitative estimate of drug-likeness (QED) is 0.576. The molecule has 1 aromatic rings. The van der Waals surface area contributed by atoms with Gasteiger partial charge < -0.3 is 14.9 Å². The average Bonchev–Trinajstić information content (AvgIpc) is 2.66. The predicted molar refractivity (Wildman–Crippen MR) is 51.8 cm³/mol.